The normalized spacial score (nSPS) is 10.4. The summed E-state index contributed by atoms with van der Waals surface area (Å²) in [5, 5.41) is 3.02. The van der Waals surface area contributed by atoms with Crippen molar-refractivity contribution in [2.45, 2.75) is 0 Å². The molecule has 0 aliphatic rings. The van der Waals surface area contributed by atoms with Crippen molar-refractivity contribution >= 4 is 43.3 Å². The maximum Gasteiger partial charge on any atom is 0.339 e. The van der Waals surface area contributed by atoms with Crippen LogP contribution < -0.4 is 0 Å². The number of carbonyl (C=O) groups is 1. The number of fused-ring (bicyclic) bond motifs is 1. The highest BCUT2D eigenvalue weighted by Gasteiger charge is 2.12. The lowest BCUT2D eigenvalue weighted by atomic mass is 10.2. The number of carbonyl (C=O) groups excluding carboxylic acids is 1. The summed E-state index contributed by atoms with van der Waals surface area (Å²) in [6.07, 6.45) is 0. The maximum absolute atomic E-state index is 11.4. The highest BCUT2D eigenvalue weighted by molar-refractivity contribution is 9.10. The SMILES string of the molecule is COC(=O)c1cccc2c(Br)csc12. The number of esters is 1. The van der Waals surface area contributed by atoms with Gasteiger partial charge >= 0.3 is 5.97 Å². The van der Waals surface area contributed by atoms with Gasteiger partial charge in [-0.3, -0.25) is 0 Å². The van der Waals surface area contributed by atoms with Crippen molar-refractivity contribution in [2.24, 2.45) is 0 Å². The monoisotopic (exact) mass is 270 g/mol. The van der Waals surface area contributed by atoms with Crippen LogP contribution in [0.1, 0.15) is 10.4 Å². The van der Waals surface area contributed by atoms with E-state index < -0.39 is 0 Å². The summed E-state index contributed by atoms with van der Waals surface area (Å²) in [5.74, 6) is -0.287. The molecule has 0 radical (unpaired) electrons. The largest absolute Gasteiger partial charge is 0.465 e. The average molecular weight is 271 g/mol. The number of rotatable bonds is 1. The van der Waals surface area contributed by atoms with Crippen molar-refractivity contribution in [3.8, 4) is 0 Å². The molecule has 0 unspecified atom stereocenters. The van der Waals surface area contributed by atoms with Gasteiger partial charge in [-0.25, -0.2) is 4.79 Å². The number of hydrogen-bond acceptors (Lipinski definition) is 3. The highest BCUT2D eigenvalue weighted by atomic mass is 79.9. The molecule has 0 saturated carbocycles. The van der Waals surface area contributed by atoms with Crippen molar-refractivity contribution in [1.82, 2.24) is 0 Å². The Hall–Kier alpha value is -0.870. The summed E-state index contributed by atoms with van der Waals surface area (Å²) in [7, 11) is 1.39. The number of halogens is 1. The molecule has 2 aromatic rings. The topological polar surface area (TPSA) is 26.3 Å². The Morgan fingerprint density at radius 2 is 2.29 bits per heavy atom. The van der Waals surface area contributed by atoms with Crippen LogP contribution in [-0.2, 0) is 4.74 Å². The van der Waals surface area contributed by atoms with Gasteiger partial charge in [0.05, 0.1) is 12.7 Å². The predicted octanol–water partition coefficient (Wildman–Crippen LogP) is 3.45. The number of methoxy groups -OCH3 is 1. The van der Waals surface area contributed by atoms with Crippen LogP contribution in [0.2, 0.25) is 0 Å². The van der Waals surface area contributed by atoms with Crippen molar-refractivity contribution in [1.29, 1.82) is 0 Å². The summed E-state index contributed by atoms with van der Waals surface area (Å²) >= 11 is 4.97. The van der Waals surface area contributed by atoms with Crippen LogP contribution in [0.25, 0.3) is 10.1 Å². The molecule has 0 spiro atoms. The molecule has 0 saturated heterocycles. The zero-order chi connectivity index (χ0) is 10.1. The second-order valence-corrected chi connectivity index (χ2v) is 4.49. The summed E-state index contributed by atoms with van der Waals surface area (Å²) in [5.41, 5.74) is 0.626. The molecule has 0 amide bonds. The quantitative estimate of drug-likeness (QED) is 0.742. The van der Waals surface area contributed by atoms with E-state index in [4.69, 9.17) is 4.74 Å². The molecule has 72 valence electrons. The molecule has 2 rings (SSSR count). The van der Waals surface area contributed by atoms with Gasteiger partial charge in [0, 0.05) is 19.9 Å². The van der Waals surface area contributed by atoms with E-state index in [9.17, 15) is 4.79 Å². The van der Waals surface area contributed by atoms with Crippen LogP contribution in [0.4, 0.5) is 0 Å². The average Bonchev–Trinajstić information content (AvgIpc) is 2.59. The standard InChI is InChI=1S/C10H7BrO2S/c1-13-10(12)7-4-2-3-6-8(11)5-14-9(6)7/h2-5H,1H3. The molecule has 0 fully saturated rings. The third-order valence-electron chi connectivity index (χ3n) is 1.96. The molecule has 14 heavy (non-hydrogen) atoms. The zero-order valence-electron chi connectivity index (χ0n) is 7.41. The van der Waals surface area contributed by atoms with E-state index in [0.29, 0.717) is 5.56 Å². The molecule has 0 bridgehead atoms. The molecule has 0 aliphatic carbocycles. The van der Waals surface area contributed by atoms with Crippen molar-refractivity contribution in [2.75, 3.05) is 7.11 Å². The second-order valence-electron chi connectivity index (χ2n) is 2.76. The zero-order valence-corrected chi connectivity index (χ0v) is 9.81. The van der Waals surface area contributed by atoms with Crippen molar-refractivity contribution < 1.29 is 9.53 Å². The van der Waals surface area contributed by atoms with E-state index >= 15 is 0 Å². The van der Waals surface area contributed by atoms with Gasteiger partial charge in [-0.15, -0.1) is 11.3 Å². The molecule has 2 nitrogen and oxygen atoms in total. The first-order valence-corrected chi connectivity index (χ1v) is 5.65. The molecule has 0 aliphatic heterocycles. The number of ether oxygens (including phenoxy) is 1. The van der Waals surface area contributed by atoms with Gasteiger partial charge in [0.15, 0.2) is 0 Å². The lowest BCUT2D eigenvalue weighted by Crippen LogP contribution is -2.00. The molecule has 0 atom stereocenters. The van der Waals surface area contributed by atoms with Crippen LogP contribution in [0.5, 0.6) is 0 Å². The first-order valence-electron chi connectivity index (χ1n) is 3.98. The van der Waals surface area contributed by atoms with Gasteiger partial charge in [-0.1, -0.05) is 12.1 Å². The summed E-state index contributed by atoms with van der Waals surface area (Å²) in [6.45, 7) is 0. The third-order valence-corrected chi connectivity index (χ3v) is 3.95. The molecule has 4 heteroatoms. The first-order chi connectivity index (χ1) is 6.74. The molecule has 1 heterocycles. The second kappa shape index (κ2) is 3.71. The third kappa shape index (κ3) is 1.44. The highest BCUT2D eigenvalue weighted by Crippen LogP contribution is 2.32. The maximum atomic E-state index is 11.4. The minimum atomic E-state index is -0.287. The van der Waals surface area contributed by atoms with Crippen LogP contribution >= 0.6 is 27.3 Å². The Labute approximate surface area is 93.6 Å². The molecular formula is C10H7BrO2S. The van der Waals surface area contributed by atoms with Gasteiger partial charge in [-0.05, 0) is 22.0 Å². The van der Waals surface area contributed by atoms with Gasteiger partial charge in [0.1, 0.15) is 0 Å². The lowest BCUT2D eigenvalue weighted by Gasteiger charge is -1.99. The summed E-state index contributed by atoms with van der Waals surface area (Å²) in [6, 6.07) is 5.60. The van der Waals surface area contributed by atoms with E-state index in [2.05, 4.69) is 15.9 Å². The van der Waals surface area contributed by atoms with Crippen LogP contribution in [0.15, 0.2) is 28.1 Å². The van der Waals surface area contributed by atoms with Gasteiger partial charge in [-0.2, -0.15) is 0 Å². The Kier molecular flexibility index (Phi) is 2.56. The van der Waals surface area contributed by atoms with Gasteiger partial charge in [0.2, 0.25) is 0 Å². The molecule has 0 N–H and O–H groups in total. The number of thiophene rings is 1. The first kappa shape index (κ1) is 9.68. The Morgan fingerprint density at radius 3 is 3.00 bits per heavy atom. The van der Waals surface area contributed by atoms with Gasteiger partial charge < -0.3 is 4.74 Å². The van der Waals surface area contributed by atoms with E-state index in [1.807, 2.05) is 17.5 Å². The Bertz CT molecular complexity index is 490. The van der Waals surface area contributed by atoms with Crippen LogP contribution in [0.3, 0.4) is 0 Å². The van der Waals surface area contributed by atoms with Gasteiger partial charge in [0.25, 0.3) is 0 Å². The summed E-state index contributed by atoms with van der Waals surface area (Å²) in [4.78, 5) is 11.4. The van der Waals surface area contributed by atoms with E-state index in [0.717, 1.165) is 14.6 Å². The smallest absolute Gasteiger partial charge is 0.339 e. The predicted molar refractivity (Wildman–Crippen MR) is 60.9 cm³/mol. The fourth-order valence-electron chi connectivity index (χ4n) is 1.30. The fourth-order valence-corrected chi connectivity index (χ4v) is 2.97. The molecular weight excluding hydrogens is 264 g/mol. The molecule has 1 aromatic heterocycles. The lowest BCUT2D eigenvalue weighted by molar-refractivity contribution is 0.0603. The summed E-state index contributed by atoms with van der Waals surface area (Å²) < 4.78 is 6.69. The Morgan fingerprint density at radius 1 is 1.50 bits per heavy atom. The van der Waals surface area contributed by atoms with E-state index in [1.54, 1.807) is 6.07 Å². The minimum Gasteiger partial charge on any atom is -0.465 e. The number of benzene rings is 1. The fraction of sp³-hybridized carbons (Fsp3) is 0.100. The Balaban J connectivity index is 2.71. The minimum absolute atomic E-state index is 0.287. The van der Waals surface area contributed by atoms with Crippen LogP contribution in [-0.4, -0.2) is 13.1 Å². The van der Waals surface area contributed by atoms with E-state index in [-0.39, 0.29) is 5.97 Å². The van der Waals surface area contributed by atoms with Crippen molar-refractivity contribution in [3.05, 3.63) is 33.6 Å². The van der Waals surface area contributed by atoms with Crippen molar-refractivity contribution in [3.63, 3.8) is 0 Å². The van der Waals surface area contributed by atoms with E-state index in [1.165, 1.54) is 18.4 Å². The van der Waals surface area contributed by atoms with Crippen LogP contribution in [0, 0.1) is 0 Å². The molecule has 1 aromatic carbocycles. The number of hydrogen-bond donors (Lipinski definition) is 0.